The summed E-state index contributed by atoms with van der Waals surface area (Å²) in [6.45, 7) is 0.462. The molecule has 1 N–H and O–H groups in total. The summed E-state index contributed by atoms with van der Waals surface area (Å²) in [6, 6.07) is 24.8. The zero-order valence-electron chi connectivity index (χ0n) is 19.0. The van der Waals surface area contributed by atoms with Crippen LogP contribution in [0.4, 0.5) is 5.95 Å². The highest BCUT2D eigenvalue weighted by atomic mass is 35.5. The van der Waals surface area contributed by atoms with Gasteiger partial charge in [-0.3, -0.25) is 9.69 Å². The van der Waals surface area contributed by atoms with E-state index in [-0.39, 0.29) is 18.5 Å². The van der Waals surface area contributed by atoms with Crippen LogP contribution in [0.2, 0.25) is 5.02 Å². The Morgan fingerprint density at radius 1 is 1.03 bits per heavy atom. The average Bonchev–Trinajstić information content (AvgIpc) is 3.39. The number of amides is 1. The van der Waals surface area contributed by atoms with Crippen molar-refractivity contribution in [3.63, 3.8) is 0 Å². The molecule has 0 fully saturated rings. The lowest BCUT2D eigenvalue weighted by atomic mass is 10.0. The van der Waals surface area contributed by atoms with Crippen molar-refractivity contribution in [3.8, 4) is 5.75 Å². The quantitative estimate of drug-likeness (QED) is 0.423. The first-order valence-electron chi connectivity index (χ1n) is 11.1. The molecule has 4 aromatic rings. The lowest BCUT2D eigenvalue weighted by Crippen LogP contribution is -2.39. The number of benzene rings is 3. The van der Waals surface area contributed by atoms with E-state index in [0.29, 0.717) is 17.5 Å². The van der Waals surface area contributed by atoms with E-state index in [9.17, 15) is 4.79 Å². The summed E-state index contributed by atoms with van der Waals surface area (Å²) in [5.41, 5.74) is 3.78. The third kappa shape index (κ3) is 4.88. The van der Waals surface area contributed by atoms with Crippen LogP contribution in [0.5, 0.6) is 5.75 Å². The SMILES string of the molecule is COc1ccc(CNC(=O)CN2C(c3ccccc3)=CC(c3ccc(Cl)cc3)n3nnnc32)cc1. The molecule has 3 aromatic carbocycles. The van der Waals surface area contributed by atoms with Crippen molar-refractivity contribution in [2.24, 2.45) is 0 Å². The number of aromatic nitrogens is 4. The second-order valence-electron chi connectivity index (χ2n) is 8.05. The maximum absolute atomic E-state index is 13.0. The number of tetrazole rings is 1. The van der Waals surface area contributed by atoms with Crippen LogP contribution in [0.3, 0.4) is 0 Å². The van der Waals surface area contributed by atoms with Gasteiger partial charge in [0.15, 0.2) is 0 Å². The van der Waals surface area contributed by atoms with Crippen molar-refractivity contribution >= 4 is 29.2 Å². The number of rotatable bonds is 7. The molecule has 5 rings (SSSR count). The number of ether oxygens (including phenoxy) is 1. The highest BCUT2D eigenvalue weighted by Crippen LogP contribution is 2.36. The van der Waals surface area contributed by atoms with Gasteiger partial charge in [0.1, 0.15) is 18.3 Å². The molecule has 0 saturated carbocycles. The predicted molar refractivity (Wildman–Crippen MR) is 134 cm³/mol. The van der Waals surface area contributed by atoms with E-state index in [4.69, 9.17) is 16.3 Å². The number of methoxy groups -OCH3 is 1. The van der Waals surface area contributed by atoms with Crippen molar-refractivity contribution in [2.45, 2.75) is 12.6 Å². The third-order valence-corrected chi connectivity index (χ3v) is 6.07. The van der Waals surface area contributed by atoms with Crippen LogP contribution >= 0.6 is 11.6 Å². The molecule has 1 amide bonds. The fraction of sp³-hybridized carbons (Fsp3) is 0.154. The highest BCUT2D eigenvalue weighted by Gasteiger charge is 2.31. The zero-order valence-corrected chi connectivity index (χ0v) is 19.8. The molecule has 1 aliphatic heterocycles. The molecule has 8 nitrogen and oxygen atoms in total. The fourth-order valence-corrected chi connectivity index (χ4v) is 4.15. The second-order valence-corrected chi connectivity index (χ2v) is 8.49. The first-order valence-corrected chi connectivity index (χ1v) is 11.5. The van der Waals surface area contributed by atoms with E-state index in [1.54, 1.807) is 11.8 Å². The molecular formula is C26H23ClN6O2. The number of halogens is 1. The van der Waals surface area contributed by atoms with Gasteiger partial charge in [-0.1, -0.05) is 71.3 Å². The fourth-order valence-electron chi connectivity index (χ4n) is 4.02. The molecule has 1 unspecified atom stereocenters. The van der Waals surface area contributed by atoms with E-state index < -0.39 is 0 Å². The molecule has 1 aromatic heterocycles. The van der Waals surface area contributed by atoms with Gasteiger partial charge < -0.3 is 10.1 Å². The minimum absolute atomic E-state index is 0.0601. The molecule has 0 saturated heterocycles. The van der Waals surface area contributed by atoms with E-state index in [1.165, 1.54) is 0 Å². The molecule has 1 aliphatic rings. The third-order valence-electron chi connectivity index (χ3n) is 5.82. The Bertz CT molecular complexity index is 1340. The van der Waals surface area contributed by atoms with Gasteiger partial charge in [-0.2, -0.15) is 4.68 Å². The Labute approximate surface area is 207 Å². The van der Waals surface area contributed by atoms with E-state index in [1.807, 2.05) is 83.8 Å². The molecule has 0 aliphatic carbocycles. The first kappa shape index (κ1) is 22.6. The molecule has 0 bridgehead atoms. The lowest BCUT2D eigenvalue weighted by molar-refractivity contribution is -0.119. The number of nitrogens with one attached hydrogen (secondary N) is 1. The van der Waals surface area contributed by atoms with Crippen molar-refractivity contribution in [3.05, 3.63) is 107 Å². The van der Waals surface area contributed by atoms with Crippen LogP contribution in [0.25, 0.3) is 5.70 Å². The largest absolute Gasteiger partial charge is 0.497 e. The van der Waals surface area contributed by atoms with Crippen LogP contribution in [0.1, 0.15) is 22.7 Å². The minimum atomic E-state index is -0.244. The molecule has 0 radical (unpaired) electrons. The zero-order chi connectivity index (χ0) is 24.2. The number of anilines is 1. The van der Waals surface area contributed by atoms with Crippen molar-refractivity contribution < 1.29 is 9.53 Å². The summed E-state index contributed by atoms with van der Waals surface area (Å²) in [7, 11) is 1.62. The van der Waals surface area contributed by atoms with Crippen LogP contribution in [-0.2, 0) is 11.3 Å². The summed E-state index contributed by atoms with van der Waals surface area (Å²) in [5.74, 6) is 1.11. The predicted octanol–water partition coefficient (Wildman–Crippen LogP) is 4.10. The van der Waals surface area contributed by atoms with Gasteiger partial charge in [0.05, 0.1) is 12.8 Å². The Kier molecular flexibility index (Phi) is 6.45. The average molecular weight is 487 g/mol. The van der Waals surface area contributed by atoms with Gasteiger partial charge in [0, 0.05) is 11.6 Å². The van der Waals surface area contributed by atoms with Crippen LogP contribution < -0.4 is 15.0 Å². The lowest BCUT2D eigenvalue weighted by Gasteiger charge is -2.32. The van der Waals surface area contributed by atoms with Gasteiger partial charge in [-0.15, -0.1) is 0 Å². The maximum atomic E-state index is 13.0. The number of carbonyl (C=O) groups excluding carboxylic acids is 1. The van der Waals surface area contributed by atoms with Crippen LogP contribution in [0, 0.1) is 0 Å². The molecule has 35 heavy (non-hydrogen) atoms. The van der Waals surface area contributed by atoms with Gasteiger partial charge in [-0.25, -0.2) is 0 Å². The van der Waals surface area contributed by atoms with Gasteiger partial charge in [0.25, 0.3) is 5.95 Å². The monoisotopic (exact) mass is 486 g/mol. The summed E-state index contributed by atoms with van der Waals surface area (Å²) in [4.78, 5) is 14.8. The number of hydrogen-bond acceptors (Lipinski definition) is 6. The normalized spacial score (nSPS) is 14.7. The van der Waals surface area contributed by atoms with Crippen molar-refractivity contribution in [2.75, 3.05) is 18.6 Å². The van der Waals surface area contributed by atoms with Gasteiger partial charge in [0.2, 0.25) is 5.91 Å². The summed E-state index contributed by atoms with van der Waals surface area (Å²) >= 11 is 6.10. The maximum Gasteiger partial charge on any atom is 0.251 e. The van der Waals surface area contributed by atoms with E-state index in [2.05, 4.69) is 26.9 Å². The summed E-state index contributed by atoms with van der Waals surface area (Å²) in [5, 5.41) is 16.0. The van der Waals surface area contributed by atoms with Gasteiger partial charge in [-0.05, 0) is 57.5 Å². The van der Waals surface area contributed by atoms with Crippen LogP contribution in [-0.4, -0.2) is 39.8 Å². The molecular weight excluding hydrogens is 464 g/mol. The standard InChI is InChI=1S/C26H23ClN6O2/c1-35-22-13-7-18(8-14-22)16-28-25(34)17-32-23(19-5-3-2-4-6-19)15-24(33-26(32)29-30-31-33)20-9-11-21(27)12-10-20/h2-15,24H,16-17H2,1H3,(H,28,34). The number of nitrogens with zero attached hydrogens (tertiary/aromatic N) is 5. The number of allylic oxidation sites excluding steroid dienone is 1. The summed E-state index contributed by atoms with van der Waals surface area (Å²) in [6.07, 6.45) is 2.07. The Balaban J connectivity index is 1.43. The molecule has 2 heterocycles. The number of hydrogen-bond donors (Lipinski definition) is 1. The smallest absolute Gasteiger partial charge is 0.251 e. The van der Waals surface area contributed by atoms with Crippen molar-refractivity contribution in [1.29, 1.82) is 0 Å². The van der Waals surface area contributed by atoms with Gasteiger partial charge >= 0.3 is 0 Å². The number of fused-ring (bicyclic) bond motifs is 1. The first-order chi connectivity index (χ1) is 17.1. The highest BCUT2D eigenvalue weighted by molar-refractivity contribution is 6.30. The van der Waals surface area contributed by atoms with E-state index >= 15 is 0 Å². The van der Waals surface area contributed by atoms with Crippen molar-refractivity contribution in [1.82, 2.24) is 25.5 Å². The number of carbonyl (C=O) groups is 1. The molecule has 176 valence electrons. The van der Waals surface area contributed by atoms with Crippen LogP contribution in [0.15, 0.2) is 84.9 Å². The topological polar surface area (TPSA) is 85.2 Å². The molecule has 1 atom stereocenters. The molecule has 9 heteroatoms. The molecule has 0 spiro atoms. The Morgan fingerprint density at radius 2 is 1.77 bits per heavy atom. The minimum Gasteiger partial charge on any atom is -0.497 e. The summed E-state index contributed by atoms with van der Waals surface area (Å²) < 4.78 is 6.91. The Hall–Kier alpha value is -4.17. The Morgan fingerprint density at radius 3 is 2.49 bits per heavy atom. The second kappa shape index (κ2) is 9.99. The van der Waals surface area contributed by atoms with E-state index in [0.717, 1.165) is 28.1 Å².